The third-order valence-corrected chi connectivity index (χ3v) is 3.95. The van der Waals surface area contributed by atoms with Gasteiger partial charge in [-0.3, -0.25) is 4.99 Å². The van der Waals surface area contributed by atoms with Crippen LogP contribution in [0.1, 0.15) is 44.1 Å². The standard InChI is InChI=1S/C16H21FN2O/c17-14-11-12(16-18-9-4-10-19-16)7-8-15(14)20-13-5-2-1-3-6-13/h7-8,11,13H,1-6,9-10H2,(H,18,19). The van der Waals surface area contributed by atoms with Crippen LogP contribution < -0.4 is 10.1 Å². The smallest absolute Gasteiger partial charge is 0.165 e. The zero-order valence-electron chi connectivity index (χ0n) is 11.7. The fourth-order valence-electron chi connectivity index (χ4n) is 2.83. The molecule has 0 bridgehead atoms. The van der Waals surface area contributed by atoms with Gasteiger partial charge in [-0.1, -0.05) is 6.42 Å². The molecule has 1 saturated carbocycles. The van der Waals surface area contributed by atoms with Crippen molar-refractivity contribution in [3.63, 3.8) is 0 Å². The van der Waals surface area contributed by atoms with E-state index in [4.69, 9.17) is 4.74 Å². The molecule has 3 rings (SSSR count). The molecule has 0 unspecified atom stereocenters. The van der Waals surface area contributed by atoms with E-state index in [-0.39, 0.29) is 11.9 Å². The summed E-state index contributed by atoms with van der Waals surface area (Å²) in [5.74, 6) is 0.875. The minimum Gasteiger partial charge on any atom is -0.487 e. The van der Waals surface area contributed by atoms with Gasteiger partial charge in [-0.25, -0.2) is 4.39 Å². The Kier molecular flexibility index (Phi) is 4.19. The van der Waals surface area contributed by atoms with E-state index < -0.39 is 0 Å². The monoisotopic (exact) mass is 276 g/mol. The first-order valence-corrected chi connectivity index (χ1v) is 7.58. The molecule has 0 aromatic heterocycles. The molecule has 0 radical (unpaired) electrons. The van der Waals surface area contributed by atoms with E-state index in [1.54, 1.807) is 6.07 Å². The number of nitrogens with zero attached hydrogens (tertiary/aromatic N) is 1. The Bertz CT molecular complexity index is 495. The molecule has 0 saturated heterocycles. The van der Waals surface area contributed by atoms with Gasteiger partial charge in [-0.2, -0.15) is 0 Å². The molecule has 1 aromatic carbocycles. The van der Waals surface area contributed by atoms with Crippen LogP contribution in [-0.2, 0) is 0 Å². The van der Waals surface area contributed by atoms with Crippen LogP contribution in [0.4, 0.5) is 4.39 Å². The molecule has 1 heterocycles. The molecule has 20 heavy (non-hydrogen) atoms. The van der Waals surface area contributed by atoms with Crippen molar-refractivity contribution in [2.24, 2.45) is 4.99 Å². The van der Waals surface area contributed by atoms with Gasteiger partial charge in [0, 0.05) is 18.7 Å². The molecule has 1 N–H and O–H groups in total. The van der Waals surface area contributed by atoms with Gasteiger partial charge in [-0.15, -0.1) is 0 Å². The van der Waals surface area contributed by atoms with Gasteiger partial charge < -0.3 is 10.1 Å². The van der Waals surface area contributed by atoms with Crippen molar-refractivity contribution in [2.45, 2.75) is 44.6 Å². The minimum absolute atomic E-state index is 0.175. The van der Waals surface area contributed by atoms with Crippen LogP contribution in [0.2, 0.25) is 0 Å². The molecule has 3 nitrogen and oxygen atoms in total. The molecule has 4 heteroatoms. The fraction of sp³-hybridized carbons (Fsp3) is 0.562. The first-order chi connectivity index (χ1) is 9.83. The topological polar surface area (TPSA) is 33.6 Å². The van der Waals surface area contributed by atoms with Crippen molar-refractivity contribution in [1.29, 1.82) is 0 Å². The Hall–Kier alpha value is -1.58. The second-order valence-corrected chi connectivity index (χ2v) is 5.53. The summed E-state index contributed by atoms with van der Waals surface area (Å²) in [7, 11) is 0. The summed E-state index contributed by atoms with van der Waals surface area (Å²) in [6.45, 7) is 1.71. The molecule has 1 aliphatic heterocycles. The predicted molar refractivity (Wildman–Crippen MR) is 77.9 cm³/mol. The minimum atomic E-state index is -0.289. The van der Waals surface area contributed by atoms with Gasteiger partial charge in [0.1, 0.15) is 5.84 Å². The van der Waals surface area contributed by atoms with Gasteiger partial charge in [0.25, 0.3) is 0 Å². The average molecular weight is 276 g/mol. The SMILES string of the molecule is Fc1cc(C2=NCCCN2)ccc1OC1CCCCC1. The number of aliphatic imine (C=N–C) groups is 1. The molecule has 1 aromatic rings. The van der Waals surface area contributed by atoms with E-state index in [1.807, 2.05) is 6.07 Å². The highest BCUT2D eigenvalue weighted by Gasteiger charge is 2.17. The normalized spacial score (nSPS) is 20.1. The quantitative estimate of drug-likeness (QED) is 0.919. The zero-order chi connectivity index (χ0) is 13.8. The summed E-state index contributed by atoms with van der Waals surface area (Å²) < 4.78 is 19.9. The highest BCUT2D eigenvalue weighted by molar-refractivity contribution is 5.99. The Balaban J connectivity index is 1.71. The first kappa shape index (κ1) is 13.4. The molecule has 2 aliphatic rings. The maximum absolute atomic E-state index is 14.2. The Labute approximate surface area is 119 Å². The third kappa shape index (κ3) is 3.11. The van der Waals surface area contributed by atoms with Crippen molar-refractivity contribution in [3.8, 4) is 5.75 Å². The van der Waals surface area contributed by atoms with Crippen LogP contribution in [0.5, 0.6) is 5.75 Å². The van der Waals surface area contributed by atoms with Crippen LogP contribution in [0.15, 0.2) is 23.2 Å². The average Bonchev–Trinajstić information content (AvgIpc) is 2.51. The van der Waals surface area contributed by atoms with Gasteiger partial charge in [-0.05, 0) is 50.3 Å². The Morgan fingerprint density at radius 3 is 2.70 bits per heavy atom. The van der Waals surface area contributed by atoms with Gasteiger partial charge in [0.2, 0.25) is 0 Å². The summed E-state index contributed by atoms with van der Waals surface area (Å²) >= 11 is 0. The van der Waals surface area contributed by atoms with Gasteiger partial charge in [0.05, 0.1) is 6.10 Å². The van der Waals surface area contributed by atoms with Crippen molar-refractivity contribution >= 4 is 5.84 Å². The maximum Gasteiger partial charge on any atom is 0.165 e. The van der Waals surface area contributed by atoms with Gasteiger partial charge in [0.15, 0.2) is 11.6 Å². The fourth-order valence-corrected chi connectivity index (χ4v) is 2.83. The van der Waals surface area contributed by atoms with E-state index in [1.165, 1.54) is 25.3 Å². The summed E-state index contributed by atoms with van der Waals surface area (Å²) in [5.41, 5.74) is 0.804. The molecule has 108 valence electrons. The lowest BCUT2D eigenvalue weighted by Gasteiger charge is -2.23. The lowest BCUT2D eigenvalue weighted by Crippen LogP contribution is -2.30. The highest BCUT2D eigenvalue weighted by atomic mass is 19.1. The largest absolute Gasteiger partial charge is 0.487 e. The molecule has 1 fully saturated rings. The van der Waals surface area contributed by atoms with E-state index in [0.717, 1.165) is 43.8 Å². The van der Waals surface area contributed by atoms with Gasteiger partial charge >= 0.3 is 0 Å². The van der Waals surface area contributed by atoms with Crippen LogP contribution in [0.25, 0.3) is 0 Å². The van der Waals surface area contributed by atoms with Crippen LogP contribution >= 0.6 is 0 Å². The summed E-state index contributed by atoms with van der Waals surface area (Å²) in [4.78, 5) is 4.38. The molecular weight excluding hydrogens is 255 g/mol. The Morgan fingerprint density at radius 2 is 2.00 bits per heavy atom. The number of benzene rings is 1. The van der Waals surface area contributed by atoms with E-state index in [2.05, 4.69) is 10.3 Å². The number of halogens is 1. The van der Waals surface area contributed by atoms with Crippen LogP contribution in [0, 0.1) is 5.82 Å². The third-order valence-electron chi connectivity index (χ3n) is 3.95. The maximum atomic E-state index is 14.2. The molecule has 1 aliphatic carbocycles. The van der Waals surface area contributed by atoms with E-state index in [0.29, 0.717) is 5.75 Å². The molecule has 0 spiro atoms. The first-order valence-electron chi connectivity index (χ1n) is 7.58. The lowest BCUT2D eigenvalue weighted by molar-refractivity contribution is 0.148. The number of hydrogen-bond donors (Lipinski definition) is 1. The lowest BCUT2D eigenvalue weighted by atomic mass is 9.98. The number of rotatable bonds is 3. The summed E-state index contributed by atoms with van der Waals surface area (Å²) in [6, 6.07) is 5.14. The highest BCUT2D eigenvalue weighted by Crippen LogP contribution is 2.26. The molecule has 0 amide bonds. The van der Waals surface area contributed by atoms with Crippen LogP contribution in [-0.4, -0.2) is 25.0 Å². The number of ether oxygens (including phenoxy) is 1. The van der Waals surface area contributed by atoms with Crippen molar-refractivity contribution in [1.82, 2.24) is 5.32 Å². The molecular formula is C16H21FN2O. The summed E-state index contributed by atoms with van der Waals surface area (Å²) in [6.07, 6.45) is 6.93. The predicted octanol–water partition coefficient (Wildman–Crippen LogP) is 3.28. The second-order valence-electron chi connectivity index (χ2n) is 5.53. The number of amidine groups is 1. The second kappa shape index (κ2) is 6.25. The van der Waals surface area contributed by atoms with Crippen molar-refractivity contribution < 1.29 is 9.13 Å². The van der Waals surface area contributed by atoms with Crippen molar-refractivity contribution in [2.75, 3.05) is 13.1 Å². The zero-order valence-corrected chi connectivity index (χ0v) is 11.7. The number of nitrogens with one attached hydrogen (secondary N) is 1. The Morgan fingerprint density at radius 1 is 1.15 bits per heavy atom. The van der Waals surface area contributed by atoms with E-state index >= 15 is 0 Å². The molecule has 0 atom stereocenters. The van der Waals surface area contributed by atoms with Crippen LogP contribution in [0.3, 0.4) is 0 Å². The van der Waals surface area contributed by atoms with E-state index in [9.17, 15) is 4.39 Å². The number of hydrogen-bond acceptors (Lipinski definition) is 3. The summed E-state index contributed by atoms with van der Waals surface area (Å²) in [5, 5.41) is 3.21. The van der Waals surface area contributed by atoms with Crippen molar-refractivity contribution in [3.05, 3.63) is 29.6 Å².